The molecule has 0 fully saturated rings. The number of aromatic nitrogens is 2. The lowest BCUT2D eigenvalue weighted by atomic mass is 10.0. The first-order valence-electron chi connectivity index (χ1n) is 8.64. The summed E-state index contributed by atoms with van der Waals surface area (Å²) in [5.41, 5.74) is 9.66. The van der Waals surface area contributed by atoms with Gasteiger partial charge < -0.3 is 11.1 Å². The van der Waals surface area contributed by atoms with Crippen LogP contribution < -0.4 is 11.1 Å². The summed E-state index contributed by atoms with van der Waals surface area (Å²) in [6.45, 7) is 7.86. The van der Waals surface area contributed by atoms with Crippen LogP contribution in [0.1, 0.15) is 19.4 Å². The Morgan fingerprint density at radius 1 is 1.30 bits per heavy atom. The molecule has 0 unspecified atom stereocenters. The Bertz CT molecular complexity index is 1030. The number of benzene rings is 1. The van der Waals surface area contributed by atoms with Crippen molar-refractivity contribution in [2.24, 2.45) is 10.7 Å². The molecule has 0 aliphatic carbocycles. The molecule has 5 nitrogen and oxygen atoms in total. The fourth-order valence-corrected chi connectivity index (χ4v) is 2.78. The van der Waals surface area contributed by atoms with Crippen molar-refractivity contribution in [2.45, 2.75) is 19.9 Å². The number of pyridine rings is 1. The molecule has 138 valence electrons. The van der Waals surface area contributed by atoms with Crippen molar-refractivity contribution >= 4 is 17.4 Å². The summed E-state index contributed by atoms with van der Waals surface area (Å²) in [4.78, 5) is 4.24. The Hall–Kier alpha value is -3.41. The van der Waals surface area contributed by atoms with Crippen molar-refractivity contribution in [1.82, 2.24) is 14.9 Å². The fourth-order valence-electron chi connectivity index (χ4n) is 2.78. The maximum Gasteiger partial charge on any atom is 0.123 e. The predicted molar refractivity (Wildman–Crippen MR) is 109 cm³/mol. The van der Waals surface area contributed by atoms with Crippen LogP contribution in [0.5, 0.6) is 0 Å². The van der Waals surface area contributed by atoms with Crippen LogP contribution in [0.2, 0.25) is 0 Å². The third-order valence-electron chi connectivity index (χ3n) is 3.87. The molecule has 3 N–H and O–H groups in total. The van der Waals surface area contributed by atoms with Gasteiger partial charge >= 0.3 is 0 Å². The van der Waals surface area contributed by atoms with Gasteiger partial charge in [0.1, 0.15) is 17.3 Å². The summed E-state index contributed by atoms with van der Waals surface area (Å²) in [7, 11) is 0. The Morgan fingerprint density at radius 3 is 2.85 bits per heavy atom. The molecular weight excluding hydrogens is 341 g/mol. The van der Waals surface area contributed by atoms with Gasteiger partial charge in [0.05, 0.1) is 11.1 Å². The number of nitrogens with two attached hydrogens (primary N) is 1. The smallest absolute Gasteiger partial charge is 0.123 e. The second kappa shape index (κ2) is 7.86. The van der Waals surface area contributed by atoms with E-state index >= 15 is 0 Å². The number of allylic oxidation sites excluding steroid dienone is 1. The first kappa shape index (κ1) is 18.4. The summed E-state index contributed by atoms with van der Waals surface area (Å²) in [5, 5.41) is 7.69. The Morgan fingerprint density at radius 2 is 2.11 bits per heavy atom. The zero-order valence-corrected chi connectivity index (χ0v) is 15.4. The van der Waals surface area contributed by atoms with Crippen LogP contribution in [-0.2, 0) is 0 Å². The van der Waals surface area contributed by atoms with E-state index in [9.17, 15) is 4.39 Å². The first-order chi connectivity index (χ1) is 13.0. The third-order valence-corrected chi connectivity index (χ3v) is 3.87. The lowest BCUT2D eigenvalue weighted by molar-refractivity contribution is 0.628. The van der Waals surface area contributed by atoms with Gasteiger partial charge in [0, 0.05) is 29.7 Å². The van der Waals surface area contributed by atoms with Gasteiger partial charge in [-0.25, -0.2) is 13.9 Å². The highest BCUT2D eigenvalue weighted by atomic mass is 19.1. The zero-order chi connectivity index (χ0) is 19.4. The van der Waals surface area contributed by atoms with E-state index in [2.05, 4.69) is 22.0 Å². The number of nitrogens with one attached hydrogen (secondary N) is 1. The van der Waals surface area contributed by atoms with E-state index in [-0.39, 0.29) is 11.9 Å². The standard InChI is InChI=1S/C21H22FN5/c1-14(2)25-15(3)24-11-10-18(23)20-19-9-4-5-12-27(19)26-21(20)16-7-6-8-17(22)13-16/h4-14,25H,3,23H2,1-2H3/b18-10-,24-11?. The zero-order valence-electron chi connectivity index (χ0n) is 15.4. The average Bonchev–Trinajstić information content (AvgIpc) is 3.00. The number of halogens is 1. The van der Waals surface area contributed by atoms with Gasteiger partial charge in [0.15, 0.2) is 0 Å². The van der Waals surface area contributed by atoms with Crippen molar-refractivity contribution in [3.8, 4) is 11.3 Å². The molecule has 3 aromatic rings. The molecule has 6 heteroatoms. The molecule has 0 spiro atoms. The second-order valence-corrected chi connectivity index (χ2v) is 6.41. The van der Waals surface area contributed by atoms with E-state index in [1.165, 1.54) is 12.1 Å². The van der Waals surface area contributed by atoms with Crippen LogP contribution in [0.25, 0.3) is 22.5 Å². The topological polar surface area (TPSA) is 67.7 Å². The normalized spacial score (nSPS) is 12.2. The summed E-state index contributed by atoms with van der Waals surface area (Å²) in [6.07, 6.45) is 5.12. The quantitative estimate of drug-likeness (QED) is 0.651. The van der Waals surface area contributed by atoms with E-state index in [1.54, 1.807) is 22.9 Å². The van der Waals surface area contributed by atoms with E-state index in [4.69, 9.17) is 5.73 Å². The van der Waals surface area contributed by atoms with Crippen LogP contribution in [0.3, 0.4) is 0 Å². The molecule has 0 amide bonds. The van der Waals surface area contributed by atoms with Crippen molar-refractivity contribution in [3.63, 3.8) is 0 Å². The van der Waals surface area contributed by atoms with Crippen LogP contribution in [0.4, 0.5) is 4.39 Å². The monoisotopic (exact) mass is 363 g/mol. The molecule has 0 radical (unpaired) electrons. The molecule has 2 heterocycles. The van der Waals surface area contributed by atoms with Gasteiger partial charge in [-0.3, -0.25) is 0 Å². The van der Waals surface area contributed by atoms with Gasteiger partial charge in [-0.15, -0.1) is 0 Å². The molecular formula is C21H22FN5. The molecule has 0 aliphatic rings. The predicted octanol–water partition coefficient (Wildman–Crippen LogP) is 3.98. The van der Waals surface area contributed by atoms with Gasteiger partial charge in [0.25, 0.3) is 0 Å². The lowest BCUT2D eigenvalue weighted by Crippen LogP contribution is -2.20. The number of hydrogen-bond acceptors (Lipinski definition) is 4. The minimum Gasteiger partial charge on any atom is -0.398 e. The second-order valence-electron chi connectivity index (χ2n) is 6.41. The molecule has 27 heavy (non-hydrogen) atoms. The maximum absolute atomic E-state index is 13.7. The molecule has 0 saturated carbocycles. The van der Waals surface area contributed by atoms with Crippen molar-refractivity contribution in [1.29, 1.82) is 0 Å². The van der Waals surface area contributed by atoms with Crippen molar-refractivity contribution in [3.05, 3.63) is 78.5 Å². The number of aliphatic imine (C=N–C) groups is 1. The van der Waals surface area contributed by atoms with E-state index in [1.807, 2.05) is 44.3 Å². The lowest BCUT2D eigenvalue weighted by Gasteiger charge is -2.07. The highest BCUT2D eigenvalue weighted by molar-refractivity contribution is 5.93. The molecule has 0 saturated heterocycles. The summed E-state index contributed by atoms with van der Waals surface area (Å²) in [6, 6.07) is 12.3. The van der Waals surface area contributed by atoms with Crippen LogP contribution in [-0.4, -0.2) is 21.9 Å². The van der Waals surface area contributed by atoms with E-state index < -0.39 is 0 Å². The maximum atomic E-state index is 13.7. The first-order valence-corrected chi connectivity index (χ1v) is 8.64. The molecule has 2 aromatic heterocycles. The summed E-state index contributed by atoms with van der Waals surface area (Å²) < 4.78 is 15.4. The minimum atomic E-state index is -0.323. The number of rotatable bonds is 6. The third kappa shape index (κ3) is 4.23. The Kier molecular flexibility index (Phi) is 5.35. The van der Waals surface area contributed by atoms with Crippen molar-refractivity contribution in [2.75, 3.05) is 0 Å². The number of nitrogens with zero attached hydrogens (tertiary/aromatic N) is 3. The van der Waals surface area contributed by atoms with Crippen LogP contribution >= 0.6 is 0 Å². The molecule has 3 rings (SSSR count). The van der Waals surface area contributed by atoms with Gasteiger partial charge in [-0.05, 0) is 44.2 Å². The molecule has 0 bridgehead atoms. The van der Waals surface area contributed by atoms with Crippen molar-refractivity contribution < 1.29 is 4.39 Å². The van der Waals surface area contributed by atoms with Gasteiger partial charge in [-0.1, -0.05) is 24.8 Å². The summed E-state index contributed by atoms with van der Waals surface area (Å²) >= 11 is 0. The van der Waals surface area contributed by atoms with Gasteiger partial charge in [-0.2, -0.15) is 5.10 Å². The van der Waals surface area contributed by atoms with Gasteiger partial charge in [0.2, 0.25) is 0 Å². The van der Waals surface area contributed by atoms with Crippen LogP contribution in [0.15, 0.2) is 72.1 Å². The fraction of sp³-hybridized carbons (Fsp3) is 0.143. The Labute approximate surface area is 157 Å². The minimum absolute atomic E-state index is 0.246. The molecule has 1 aromatic carbocycles. The number of hydrogen-bond donors (Lipinski definition) is 2. The number of fused-ring (bicyclic) bond motifs is 1. The van der Waals surface area contributed by atoms with E-state index in [0.29, 0.717) is 22.8 Å². The summed E-state index contributed by atoms with van der Waals surface area (Å²) in [5.74, 6) is 0.231. The molecule has 0 atom stereocenters. The Balaban J connectivity index is 2.04. The highest BCUT2D eigenvalue weighted by Gasteiger charge is 2.16. The largest absolute Gasteiger partial charge is 0.398 e. The van der Waals surface area contributed by atoms with Crippen LogP contribution in [0, 0.1) is 5.82 Å². The molecule has 0 aliphatic heterocycles. The van der Waals surface area contributed by atoms with E-state index in [0.717, 1.165) is 11.1 Å². The average molecular weight is 363 g/mol. The SMILES string of the molecule is C=C(N=C/C=C(\N)c1c(-c2cccc(F)c2)nn2ccccc12)NC(C)C. The highest BCUT2D eigenvalue weighted by Crippen LogP contribution is 2.30.